The van der Waals surface area contributed by atoms with Crippen molar-refractivity contribution in [3.8, 4) is 0 Å². The molecular formula is C11H20N4O2S. The molecule has 2 unspecified atom stereocenters. The largest absolute Gasteiger partial charge is 0.312 e. The summed E-state index contributed by atoms with van der Waals surface area (Å²) >= 11 is 0. The van der Waals surface area contributed by atoms with Crippen molar-refractivity contribution in [2.45, 2.75) is 43.5 Å². The predicted octanol–water partition coefficient (Wildman–Crippen LogP) is 0.223. The summed E-state index contributed by atoms with van der Waals surface area (Å²) in [5.74, 6) is 0. The summed E-state index contributed by atoms with van der Waals surface area (Å²) < 4.78 is 24.9. The van der Waals surface area contributed by atoms with E-state index in [4.69, 9.17) is 0 Å². The van der Waals surface area contributed by atoms with Gasteiger partial charge in [0, 0.05) is 25.0 Å². The van der Waals surface area contributed by atoms with Crippen LogP contribution in [0.3, 0.4) is 0 Å². The standard InChI is InChI=1S/C11H20N4O2S/c1-18(16,17)11-4-2-3-10(9-11)12-5-7-15-8-6-13-14-15/h6,8,10-12H,2-5,7,9H2,1H3. The fourth-order valence-electron chi connectivity index (χ4n) is 2.45. The normalized spacial score (nSPS) is 25.2. The zero-order valence-corrected chi connectivity index (χ0v) is 11.4. The van der Waals surface area contributed by atoms with Gasteiger partial charge in [-0.25, -0.2) is 8.42 Å². The zero-order valence-electron chi connectivity index (χ0n) is 10.6. The van der Waals surface area contributed by atoms with Crippen molar-refractivity contribution in [1.82, 2.24) is 20.3 Å². The molecule has 1 aromatic rings. The van der Waals surface area contributed by atoms with E-state index >= 15 is 0 Å². The minimum atomic E-state index is -2.89. The molecule has 1 aliphatic rings. The molecule has 0 aromatic carbocycles. The third-order valence-electron chi connectivity index (χ3n) is 3.48. The Kier molecular flexibility index (Phi) is 4.34. The SMILES string of the molecule is CS(=O)(=O)C1CCCC(NCCn2ccnn2)C1. The van der Waals surface area contributed by atoms with Crippen molar-refractivity contribution in [2.75, 3.05) is 12.8 Å². The molecular weight excluding hydrogens is 252 g/mol. The van der Waals surface area contributed by atoms with E-state index in [1.54, 1.807) is 10.9 Å². The Morgan fingerprint density at radius 3 is 2.94 bits per heavy atom. The fourth-order valence-corrected chi connectivity index (χ4v) is 3.63. The van der Waals surface area contributed by atoms with Crippen molar-refractivity contribution in [3.05, 3.63) is 12.4 Å². The molecule has 2 atom stereocenters. The average Bonchev–Trinajstić information content (AvgIpc) is 2.81. The molecule has 0 bridgehead atoms. The van der Waals surface area contributed by atoms with E-state index in [2.05, 4.69) is 15.6 Å². The highest BCUT2D eigenvalue weighted by atomic mass is 32.2. The first-order valence-corrected chi connectivity index (χ1v) is 8.27. The molecule has 1 N–H and O–H groups in total. The first-order chi connectivity index (χ1) is 8.55. The molecule has 1 aliphatic carbocycles. The van der Waals surface area contributed by atoms with Gasteiger partial charge in [0.25, 0.3) is 0 Å². The van der Waals surface area contributed by atoms with Crippen LogP contribution in [0.4, 0.5) is 0 Å². The monoisotopic (exact) mass is 272 g/mol. The number of hydrogen-bond acceptors (Lipinski definition) is 5. The lowest BCUT2D eigenvalue weighted by atomic mass is 9.95. The Labute approximate surface area is 108 Å². The number of rotatable bonds is 5. The van der Waals surface area contributed by atoms with Gasteiger partial charge in [0.2, 0.25) is 0 Å². The Bertz CT molecular complexity index is 457. The summed E-state index contributed by atoms with van der Waals surface area (Å²) in [6.07, 6.45) is 8.40. The summed E-state index contributed by atoms with van der Waals surface area (Å²) in [7, 11) is -2.89. The highest BCUT2D eigenvalue weighted by molar-refractivity contribution is 7.91. The third kappa shape index (κ3) is 3.78. The molecule has 6 nitrogen and oxygen atoms in total. The summed E-state index contributed by atoms with van der Waals surface area (Å²) in [5, 5.41) is 10.9. The van der Waals surface area contributed by atoms with E-state index in [0.717, 1.165) is 38.8 Å². The Hall–Kier alpha value is -0.950. The highest BCUT2D eigenvalue weighted by Gasteiger charge is 2.28. The first-order valence-electron chi connectivity index (χ1n) is 6.32. The highest BCUT2D eigenvalue weighted by Crippen LogP contribution is 2.23. The number of nitrogens with zero attached hydrogens (tertiary/aromatic N) is 3. The van der Waals surface area contributed by atoms with Gasteiger partial charge in [-0.1, -0.05) is 11.6 Å². The number of sulfone groups is 1. The maximum Gasteiger partial charge on any atom is 0.150 e. The second-order valence-electron chi connectivity index (χ2n) is 4.94. The molecule has 7 heteroatoms. The van der Waals surface area contributed by atoms with Crippen molar-refractivity contribution in [1.29, 1.82) is 0 Å². The molecule has 1 heterocycles. The van der Waals surface area contributed by atoms with Crippen LogP contribution in [-0.2, 0) is 16.4 Å². The summed E-state index contributed by atoms with van der Waals surface area (Å²) in [6.45, 7) is 1.56. The summed E-state index contributed by atoms with van der Waals surface area (Å²) in [4.78, 5) is 0. The van der Waals surface area contributed by atoms with E-state index in [0.29, 0.717) is 6.04 Å². The van der Waals surface area contributed by atoms with Crippen molar-refractivity contribution in [3.63, 3.8) is 0 Å². The van der Waals surface area contributed by atoms with Crippen LogP contribution in [0.5, 0.6) is 0 Å². The third-order valence-corrected chi connectivity index (χ3v) is 5.12. The fraction of sp³-hybridized carbons (Fsp3) is 0.818. The van der Waals surface area contributed by atoms with Crippen molar-refractivity contribution < 1.29 is 8.42 Å². The average molecular weight is 272 g/mol. The second kappa shape index (κ2) is 5.79. The second-order valence-corrected chi connectivity index (χ2v) is 7.26. The smallest absolute Gasteiger partial charge is 0.150 e. The zero-order chi connectivity index (χ0) is 13.0. The van der Waals surface area contributed by atoms with Crippen LogP contribution in [0.15, 0.2) is 12.4 Å². The molecule has 2 rings (SSSR count). The van der Waals surface area contributed by atoms with Crippen LogP contribution in [-0.4, -0.2) is 47.5 Å². The lowest BCUT2D eigenvalue weighted by molar-refractivity contribution is 0.363. The maximum absolute atomic E-state index is 11.5. The minimum absolute atomic E-state index is 0.171. The van der Waals surface area contributed by atoms with Crippen LogP contribution in [0, 0.1) is 0 Å². The van der Waals surface area contributed by atoms with Crippen LogP contribution < -0.4 is 5.32 Å². The lowest BCUT2D eigenvalue weighted by Gasteiger charge is -2.28. The van der Waals surface area contributed by atoms with Gasteiger partial charge in [-0.15, -0.1) is 5.10 Å². The lowest BCUT2D eigenvalue weighted by Crippen LogP contribution is -2.40. The van der Waals surface area contributed by atoms with E-state index in [1.165, 1.54) is 6.26 Å². The molecule has 102 valence electrons. The molecule has 1 fully saturated rings. The van der Waals surface area contributed by atoms with Crippen molar-refractivity contribution >= 4 is 9.84 Å². The van der Waals surface area contributed by atoms with Gasteiger partial charge in [0.1, 0.15) is 9.84 Å². The molecule has 18 heavy (non-hydrogen) atoms. The van der Waals surface area contributed by atoms with Crippen LogP contribution >= 0.6 is 0 Å². The van der Waals surface area contributed by atoms with Gasteiger partial charge in [0.15, 0.2) is 0 Å². The summed E-state index contributed by atoms with van der Waals surface area (Å²) in [6, 6.07) is 0.307. The van der Waals surface area contributed by atoms with Gasteiger partial charge in [0.05, 0.1) is 18.0 Å². The van der Waals surface area contributed by atoms with E-state index in [-0.39, 0.29) is 5.25 Å². The topological polar surface area (TPSA) is 76.9 Å². The summed E-state index contributed by atoms with van der Waals surface area (Å²) in [5.41, 5.74) is 0. The Morgan fingerprint density at radius 1 is 1.44 bits per heavy atom. The van der Waals surface area contributed by atoms with Gasteiger partial charge in [-0.05, 0) is 19.3 Å². The molecule has 0 radical (unpaired) electrons. The number of aromatic nitrogens is 3. The predicted molar refractivity (Wildman–Crippen MR) is 68.9 cm³/mol. The van der Waals surface area contributed by atoms with Crippen LogP contribution in [0.2, 0.25) is 0 Å². The Morgan fingerprint density at radius 2 is 2.28 bits per heavy atom. The molecule has 1 aromatic heterocycles. The molecule has 0 aliphatic heterocycles. The van der Waals surface area contributed by atoms with E-state index in [9.17, 15) is 8.42 Å². The van der Waals surface area contributed by atoms with E-state index in [1.807, 2.05) is 6.20 Å². The molecule has 1 saturated carbocycles. The number of hydrogen-bond donors (Lipinski definition) is 1. The maximum atomic E-state index is 11.5. The number of nitrogens with one attached hydrogen (secondary N) is 1. The minimum Gasteiger partial charge on any atom is -0.312 e. The van der Waals surface area contributed by atoms with Gasteiger partial charge in [-0.3, -0.25) is 4.68 Å². The van der Waals surface area contributed by atoms with Crippen LogP contribution in [0.1, 0.15) is 25.7 Å². The Balaban J connectivity index is 1.76. The van der Waals surface area contributed by atoms with Gasteiger partial charge < -0.3 is 5.32 Å². The van der Waals surface area contributed by atoms with Crippen LogP contribution in [0.25, 0.3) is 0 Å². The van der Waals surface area contributed by atoms with Gasteiger partial charge in [-0.2, -0.15) is 0 Å². The molecule has 0 saturated heterocycles. The molecule has 0 spiro atoms. The van der Waals surface area contributed by atoms with E-state index < -0.39 is 9.84 Å². The van der Waals surface area contributed by atoms with Crippen molar-refractivity contribution in [2.24, 2.45) is 0 Å². The molecule has 0 amide bonds. The first kappa shape index (κ1) is 13.5. The van der Waals surface area contributed by atoms with Gasteiger partial charge >= 0.3 is 0 Å². The quantitative estimate of drug-likeness (QED) is 0.830.